The predicted octanol–water partition coefficient (Wildman–Crippen LogP) is 0.960. The molecule has 1 amide bonds. The second-order valence-corrected chi connectivity index (χ2v) is 3.28. The Morgan fingerprint density at radius 2 is 2.00 bits per heavy atom. The molecule has 1 rings (SSSR count). The Bertz CT molecular complexity index is 322. The van der Waals surface area contributed by atoms with Gasteiger partial charge in [-0.15, -0.1) is 0 Å². The number of rotatable bonds is 5. The first-order chi connectivity index (χ1) is 7.13. The number of ether oxygens (including phenoxy) is 1. The second kappa shape index (κ2) is 5.36. The molecule has 0 saturated heterocycles. The van der Waals surface area contributed by atoms with Crippen molar-refractivity contribution in [3.05, 3.63) is 29.8 Å². The van der Waals surface area contributed by atoms with Crippen LogP contribution in [0.15, 0.2) is 24.3 Å². The summed E-state index contributed by atoms with van der Waals surface area (Å²) in [6.45, 7) is 2.55. The molecule has 0 bridgehead atoms. The molecule has 0 aromatic heterocycles. The third kappa shape index (κ3) is 3.59. The molecule has 82 valence electrons. The Balaban J connectivity index is 2.66. The molecule has 0 aliphatic carbocycles. The molecular formula is C11H16N2O2. The summed E-state index contributed by atoms with van der Waals surface area (Å²) in [5, 5.41) is 0. The van der Waals surface area contributed by atoms with E-state index >= 15 is 0 Å². The first kappa shape index (κ1) is 11.5. The van der Waals surface area contributed by atoms with Gasteiger partial charge in [-0.05, 0) is 24.6 Å². The number of carbonyl (C=O) groups is 1. The summed E-state index contributed by atoms with van der Waals surface area (Å²) in [6.07, 6.45) is 0.161. The Kier molecular flexibility index (Phi) is 4.12. The molecule has 15 heavy (non-hydrogen) atoms. The van der Waals surface area contributed by atoms with Gasteiger partial charge in [0.1, 0.15) is 5.75 Å². The topological polar surface area (TPSA) is 78.3 Å². The monoisotopic (exact) mass is 208 g/mol. The molecule has 4 heteroatoms. The Morgan fingerprint density at radius 3 is 2.47 bits per heavy atom. The fraction of sp³-hybridized carbons (Fsp3) is 0.364. The van der Waals surface area contributed by atoms with Crippen molar-refractivity contribution < 1.29 is 9.53 Å². The maximum atomic E-state index is 10.7. The number of primary amides is 1. The smallest absolute Gasteiger partial charge is 0.219 e. The summed E-state index contributed by atoms with van der Waals surface area (Å²) in [5.41, 5.74) is 11.7. The number of carbonyl (C=O) groups excluding carboxylic acids is 1. The highest BCUT2D eigenvalue weighted by atomic mass is 16.5. The SMILES string of the molecule is CCOc1ccc([C@@H](N)CC(N)=O)cc1. The summed E-state index contributed by atoms with van der Waals surface area (Å²) in [5.74, 6) is 0.406. The van der Waals surface area contributed by atoms with Crippen LogP contribution in [0.4, 0.5) is 0 Å². The van der Waals surface area contributed by atoms with E-state index in [-0.39, 0.29) is 12.5 Å². The highest BCUT2D eigenvalue weighted by Crippen LogP contribution is 2.18. The zero-order valence-corrected chi connectivity index (χ0v) is 8.77. The van der Waals surface area contributed by atoms with Crippen LogP contribution < -0.4 is 16.2 Å². The number of nitrogens with two attached hydrogens (primary N) is 2. The summed E-state index contributed by atoms with van der Waals surface area (Å²) >= 11 is 0. The lowest BCUT2D eigenvalue weighted by Crippen LogP contribution is -2.20. The van der Waals surface area contributed by atoms with Crippen molar-refractivity contribution in [1.29, 1.82) is 0 Å². The molecule has 0 heterocycles. The highest BCUT2D eigenvalue weighted by molar-refractivity contribution is 5.74. The molecule has 1 atom stereocenters. The van der Waals surface area contributed by atoms with Gasteiger partial charge in [0, 0.05) is 12.5 Å². The first-order valence-electron chi connectivity index (χ1n) is 4.90. The minimum atomic E-state index is -0.392. The van der Waals surface area contributed by atoms with Gasteiger partial charge in [0.25, 0.3) is 0 Å². The molecular weight excluding hydrogens is 192 g/mol. The average molecular weight is 208 g/mol. The van der Waals surface area contributed by atoms with Crippen LogP contribution in [0.1, 0.15) is 24.9 Å². The van der Waals surface area contributed by atoms with Crippen molar-refractivity contribution in [2.24, 2.45) is 11.5 Å². The fourth-order valence-corrected chi connectivity index (χ4v) is 1.31. The van der Waals surface area contributed by atoms with Crippen molar-refractivity contribution in [3.8, 4) is 5.75 Å². The third-order valence-electron chi connectivity index (χ3n) is 2.04. The Hall–Kier alpha value is -1.55. The summed E-state index contributed by atoms with van der Waals surface area (Å²) in [6, 6.07) is 7.02. The van der Waals surface area contributed by atoms with Crippen LogP contribution in [-0.2, 0) is 4.79 Å². The van der Waals surface area contributed by atoms with E-state index in [0.717, 1.165) is 11.3 Å². The Labute approximate surface area is 89.2 Å². The van der Waals surface area contributed by atoms with E-state index in [9.17, 15) is 4.79 Å². The summed E-state index contributed by atoms with van der Waals surface area (Å²) < 4.78 is 5.29. The van der Waals surface area contributed by atoms with Gasteiger partial charge in [-0.1, -0.05) is 12.1 Å². The normalized spacial score (nSPS) is 12.1. The van der Waals surface area contributed by atoms with Gasteiger partial charge >= 0.3 is 0 Å². The van der Waals surface area contributed by atoms with Crippen LogP contribution in [0.2, 0.25) is 0 Å². The summed E-state index contributed by atoms with van der Waals surface area (Å²) in [7, 11) is 0. The minimum absolute atomic E-state index is 0.161. The second-order valence-electron chi connectivity index (χ2n) is 3.28. The van der Waals surface area contributed by atoms with E-state index in [2.05, 4.69) is 0 Å². The van der Waals surface area contributed by atoms with Gasteiger partial charge < -0.3 is 16.2 Å². The van der Waals surface area contributed by atoms with Crippen LogP contribution >= 0.6 is 0 Å². The lowest BCUT2D eigenvalue weighted by molar-refractivity contribution is -0.118. The van der Waals surface area contributed by atoms with Crippen LogP contribution in [0.25, 0.3) is 0 Å². The lowest BCUT2D eigenvalue weighted by atomic mass is 10.0. The van der Waals surface area contributed by atoms with Crippen molar-refractivity contribution in [3.63, 3.8) is 0 Å². The Morgan fingerprint density at radius 1 is 1.40 bits per heavy atom. The third-order valence-corrected chi connectivity index (χ3v) is 2.04. The molecule has 0 spiro atoms. The molecule has 0 aliphatic heterocycles. The zero-order chi connectivity index (χ0) is 11.3. The molecule has 0 aliphatic rings. The molecule has 1 aromatic carbocycles. The number of amides is 1. The van der Waals surface area contributed by atoms with Crippen molar-refractivity contribution in [1.82, 2.24) is 0 Å². The van der Waals surface area contributed by atoms with E-state index in [1.807, 2.05) is 31.2 Å². The molecule has 0 fully saturated rings. The fourth-order valence-electron chi connectivity index (χ4n) is 1.31. The molecule has 1 aromatic rings. The van der Waals surface area contributed by atoms with E-state index in [4.69, 9.17) is 16.2 Å². The average Bonchev–Trinajstić information content (AvgIpc) is 2.18. The number of benzene rings is 1. The highest BCUT2D eigenvalue weighted by Gasteiger charge is 2.08. The van der Waals surface area contributed by atoms with Crippen LogP contribution in [0.3, 0.4) is 0 Å². The van der Waals surface area contributed by atoms with E-state index in [1.54, 1.807) is 0 Å². The van der Waals surface area contributed by atoms with E-state index < -0.39 is 5.91 Å². The van der Waals surface area contributed by atoms with E-state index in [1.165, 1.54) is 0 Å². The number of hydrogen-bond donors (Lipinski definition) is 2. The standard InChI is InChI=1S/C11H16N2O2/c1-2-15-9-5-3-8(4-6-9)10(12)7-11(13)14/h3-6,10H,2,7,12H2,1H3,(H2,13,14)/t10-/m0/s1. The molecule has 0 saturated carbocycles. The lowest BCUT2D eigenvalue weighted by Gasteiger charge is -2.10. The van der Waals surface area contributed by atoms with Crippen LogP contribution in [0.5, 0.6) is 5.75 Å². The van der Waals surface area contributed by atoms with Gasteiger partial charge in [-0.25, -0.2) is 0 Å². The summed E-state index contributed by atoms with van der Waals surface area (Å²) in [4.78, 5) is 10.7. The number of hydrogen-bond acceptors (Lipinski definition) is 3. The van der Waals surface area contributed by atoms with Gasteiger partial charge in [-0.3, -0.25) is 4.79 Å². The maximum absolute atomic E-state index is 10.7. The van der Waals surface area contributed by atoms with Crippen LogP contribution in [0, 0.1) is 0 Å². The molecule has 0 radical (unpaired) electrons. The molecule has 0 unspecified atom stereocenters. The molecule has 4 N–H and O–H groups in total. The van der Waals surface area contributed by atoms with Crippen molar-refractivity contribution >= 4 is 5.91 Å². The van der Waals surface area contributed by atoms with Crippen LogP contribution in [-0.4, -0.2) is 12.5 Å². The predicted molar refractivity (Wildman–Crippen MR) is 58.4 cm³/mol. The molecule has 4 nitrogen and oxygen atoms in total. The van der Waals surface area contributed by atoms with Gasteiger partial charge in [-0.2, -0.15) is 0 Å². The van der Waals surface area contributed by atoms with E-state index in [0.29, 0.717) is 6.61 Å². The van der Waals surface area contributed by atoms with Gasteiger partial charge in [0.15, 0.2) is 0 Å². The largest absolute Gasteiger partial charge is 0.494 e. The van der Waals surface area contributed by atoms with Crippen molar-refractivity contribution in [2.75, 3.05) is 6.61 Å². The van der Waals surface area contributed by atoms with Crippen molar-refractivity contribution in [2.45, 2.75) is 19.4 Å². The minimum Gasteiger partial charge on any atom is -0.494 e. The van der Waals surface area contributed by atoms with Gasteiger partial charge in [0.05, 0.1) is 6.61 Å². The quantitative estimate of drug-likeness (QED) is 0.756. The van der Waals surface area contributed by atoms with Gasteiger partial charge in [0.2, 0.25) is 5.91 Å². The first-order valence-corrected chi connectivity index (χ1v) is 4.90. The maximum Gasteiger partial charge on any atom is 0.219 e. The zero-order valence-electron chi connectivity index (χ0n) is 8.77.